The van der Waals surface area contributed by atoms with Crippen LogP contribution in [0.25, 0.3) is 6.08 Å². The second-order valence-electron chi connectivity index (χ2n) is 5.07. The molecule has 0 fully saturated rings. The lowest BCUT2D eigenvalue weighted by molar-refractivity contribution is -0.116. The van der Waals surface area contributed by atoms with Crippen LogP contribution in [0.4, 0.5) is 5.69 Å². The molecule has 0 atom stereocenters. The Hall–Kier alpha value is -2.34. The number of nitrogens with one attached hydrogen (secondary N) is 2. The van der Waals surface area contributed by atoms with Crippen LogP contribution < -0.4 is 11.2 Å². The lowest BCUT2D eigenvalue weighted by atomic mass is 10.0. The number of anilines is 1. The van der Waals surface area contributed by atoms with E-state index in [2.05, 4.69) is 31.4 Å². The highest BCUT2D eigenvalue weighted by molar-refractivity contribution is 9.10. The van der Waals surface area contributed by atoms with Crippen molar-refractivity contribution >= 4 is 39.3 Å². The number of hydrogen-bond donors (Lipinski definition) is 3. The van der Waals surface area contributed by atoms with E-state index in [9.17, 15) is 4.79 Å². The van der Waals surface area contributed by atoms with Gasteiger partial charge in [0, 0.05) is 22.1 Å². The van der Waals surface area contributed by atoms with Gasteiger partial charge in [-0.25, -0.2) is 5.43 Å². The number of hydrogen-bond acceptors (Lipinski definition) is 3. The first kappa shape index (κ1) is 14.6. The smallest absolute Gasteiger partial charge is 0.273 e. The average molecular weight is 359 g/mol. The van der Waals surface area contributed by atoms with E-state index in [4.69, 9.17) is 5.73 Å². The molecule has 6 heteroatoms. The molecule has 0 aliphatic carbocycles. The number of aromatic amines is 1. The molecule has 1 aromatic heterocycles. The van der Waals surface area contributed by atoms with Gasteiger partial charge in [0.15, 0.2) is 0 Å². The number of aromatic nitrogens is 1. The van der Waals surface area contributed by atoms with Crippen LogP contribution in [0.2, 0.25) is 0 Å². The molecule has 0 bridgehead atoms. The monoisotopic (exact) mass is 358 g/mol. The van der Waals surface area contributed by atoms with Crippen molar-refractivity contribution < 1.29 is 4.79 Å². The molecule has 1 amide bonds. The first-order valence-electron chi connectivity index (χ1n) is 6.89. The molecule has 0 spiro atoms. The molecule has 0 unspecified atom stereocenters. The molecule has 3 rings (SSSR count). The van der Waals surface area contributed by atoms with Gasteiger partial charge in [-0.15, -0.1) is 0 Å². The van der Waals surface area contributed by atoms with Crippen molar-refractivity contribution in [2.45, 2.75) is 12.8 Å². The maximum Gasteiger partial charge on any atom is 0.273 e. The number of benzene rings is 1. The van der Waals surface area contributed by atoms with Crippen LogP contribution in [-0.4, -0.2) is 16.6 Å². The van der Waals surface area contributed by atoms with Crippen LogP contribution in [0.3, 0.4) is 0 Å². The van der Waals surface area contributed by atoms with Crippen molar-refractivity contribution in [1.29, 1.82) is 0 Å². The number of aryl methyl sites for hydroxylation is 1. The van der Waals surface area contributed by atoms with Crippen molar-refractivity contribution in [2.75, 3.05) is 5.73 Å². The standard InChI is InChI=1S/C16H15BrN4O/c17-11-7-13(19-9-11)8-14-15(20-21-16(14)22)6-3-10-1-4-12(18)5-2-10/h1-2,4-5,7-9,19H,3,6,18H2,(H,21,22)/b14-8+. The topological polar surface area (TPSA) is 83.3 Å². The summed E-state index contributed by atoms with van der Waals surface area (Å²) in [7, 11) is 0. The van der Waals surface area contributed by atoms with Gasteiger partial charge in [0.2, 0.25) is 0 Å². The van der Waals surface area contributed by atoms with Gasteiger partial charge < -0.3 is 10.7 Å². The predicted octanol–water partition coefficient (Wildman–Crippen LogP) is 2.86. The SMILES string of the molecule is Nc1ccc(CCC2=NNC(=O)/C2=C/c2cc(Br)c[nH]2)cc1. The number of nitrogen functional groups attached to an aromatic ring is 1. The summed E-state index contributed by atoms with van der Waals surface area (Å²) in [5, 5.41) is 4.13. The Morgan fingerprint density at radius 2 is 2.00 bits per heavy atom. The number of nitrogens with zero attached hydrogens (tertiary/aromatic N) is 1. The molecule has 1 aliphatic heterocycles. The van der Waals surface area contributed by atoms with Crippen molar-refractivity contribution in [3.8, 4) is 0 Å². The predicted molar refractivity (Wildman–Crippen MR) is 91.2 cm³/mol. The molecule has 4 N–H and O–H groups in total. The van der Waals surface area contributed by atoms with E-state index in [0.717, 1.165) is 28.0 Å². The average Bonchev–Trinajstić information content (AvgIpc) is 3.06. The van der Waals surface area contributed by atoms with Crippen molar-refractivity contribution in [1.82, 2.24) is 10.4 Å². The van der Waals surface area contributed by atoms with Crippen LogP contribution in [-0.2, 0) is 11.2 Å². The van der Waals surface area contributed by atoms with E-state index in [1.54, 1.807) is 0 Å². The summed E-state index contributed by atoms with van der Waals surface area (Å²) in [6.45, 7) is 0. The third-order valence-corrected chi connectivity index (χ3v) is 3.91. The summed E-state index contributed by atoms with van der Waals surface area (Å²) in [4.78, 5) is 15.0. The zero-order chi connectivity index (χ0) is 15.5. The first-order chi connectivity index (χ1) is 10.6. The lowest BCUT2D eigenvalue weighted by Crippen LogP contribution is -2.13. The van der Waals surface area contributed by atoms with E-state index in [0.29, 0.717) is 12.0 Å². The number of hydrazone groups is 1. The Bertz CT molecular complexity index is 759. The van der Waals surface area contributed by atoms with Gasteiger partial charge in [-0.05, 0) is 58.6 Å². The van der Waals surface area contributed by atoms with Crippen molar-refractivity contribution in [2.24, 2.45) is 5.10 Å². The fraction of sp³-hybridized carbons (Fsp3) is 0.125. The third kappa shape index (κ3) is 3.28. The Labute approximate surface area is 136 Å². The molecule has 2 aromatic rings. The van der Waals surface area contributed by atoms with E-state index >= 15 is 0 Å². The summed E-state index contributed by atoms with van der Waals surface area (Å²) in [5.41, 5.74) is 12.4. The molecule has 0 saturated carbocycles. The van der Waals surface area contributed by atoms with Gasteiger partial charge in [-0.3, -0.25) is 4.79 Å². The van der Waals surface area contributed by atoms with Gasteiger partial charge in [0.05, 0.1) is 11.3 Å². The molecule has 0 radical (unpaired) electrons. The number of carbonyl (C=O) groups excluding carboxylic acids is 1. The van der Waals surface area contributed by atoms with Crippen LogP contribution >= 0.6 is 15.9 Å². The Kier molecular flexibility index (Phi) is 4.11. The number of amides is 1. The highest BCUT2D eigenvalue weighted by Crippen LogP contribution is 2.18. The van der Waals surface area contributed by atoms with Crippen LogP contribution in [0, 0.1) is 0 Å². The summed E-state index contributed by atoms with van der Waals surface area (Å²) in [5.74, 6) is -0.168. The van der Waals surface area contributed by atoms with E-state index in [-0.39, 0.29) is 5.91 Å². The molecule has 112 valence electrons. The maximum atomic E-state index is 11.9. The summed E-state index contributed by atoms with van der Waals surface area (Å²) >= 11 is 3.38. The maximum absolute atomic E-state index is 11.9. The summed E-state index contributed by atoms with van der Waals surface area (Å²) in [6.07, 6.45) is 5.13. The molecular weight excluding hydrogens is 344 g/mol. The zero-order valence-corrected chi connectivity index (χ0v) is 13.4. The summed E-state index contributed by atoms with van der Waals surface area (Å²) in [6, 6.07) is 9.65. The Morgan fingerprint density at radius 1 is 1.23 bits per heavy atom. The van der Waals surface area contributed by atoms with E-state index in [1.807, 2.05) is 42.6 Å². The minimum absolute atomic E-state index is 0.168. The first-order valence-corrected chi connectivity index (χ1v) is 7.68. The molecule has 2 heterocycles. The lowest BCUT2D eigenvalue weighted by Gasteiger charge is -2.03. The number of halogens is 1. The molecule has 1 aliphatic rings. The van der Waals surface area contributed by atoms with E-state index in [1.165, 1.54) is 5.56 Å². The quantitative estimate of drug-likeness (QED) is 0.579. The minimum atomic E-state index is -0.168. The van der Waals surface area contributed by atoms with Gasteiger partial charge in [0.25, 0.3) is 5.91 Å². The van der Waals surface area contributed by atoms with Crippen molar-refractivity contribution in [3.05, 3.63) is 57.8 Å². The number of rotatable bonds is 4. The Balaban J connectivity index is 1.73. The zero-order valence-electron chi connectivity index (χ0n) is 11.8. The normalized spacial score (nSPS) is 16.0. The fourth-order valence-corrected chi connectivity index (χ4v) is 2.64. The largest absolute Gasteiger partial charge is 0.399 e. The molecule has 22 heavy (non-hydrogen) atoms. The van der Waals surface area contributed by atoms with Crippen LogP contribution in [0.5, 0.6) is 0 Å². The van der Waals surface area contributed by atoms with Gasteiger partial charge >= 0.3 is 0 Å². The Morgan fingerprint density at radius 3 is 2.68 bits per heavy atom. The fourth-order valence-electron chi connectivity index (χ4n) is 2.28. The number of H-pyrrole nitrogens is 1. The second kappa shape index (κ2) is 6.19. The van der Waals surface area contributed by atoms with Crippen LogP contribution in [0.15, 0.2) is 51.7 Å². The third-order valence-electron chi connectivity index (χ3n) is 3.45. The molecule has 0 saturated heterocycles. The van der Waals surface area contributed by atoms with Gasteiger partial charge in [0.1, 0.15) is 0 Å². The molecule has 5 nitrogen and oxygen atoms in total. The highest BCUT2D eigenvalue weighted by Gasteiger charge is 2.22. The molecule has 1 aromatic carbocycles. The second-order valence-corrected chi connectivity index (χ2v) is 5.99. The highest BCUT2D eigenvalue weighted by atomic mass is 79.9. The number of carbonyl (C=O) groups is 1. The molecular formula is C16H15BrN4O. The van der Waals surface area contributed by atoms with Gasteiger partial charge in [-0.2, -0.15) is 5.10 Å². The minimum Gasteiger partial charge on any atom is -0.399 e. The van der Waals surface area contributed by atoms with Gasteiger partial charge in [-0.1, -0.05) is 12.1 Å². The van der Waals surface area contributed by atoms with E-state index < -0.39 is 0 Å². The van der Waals surface area contributed by atoms with Crippen LogP contribution in [0.1, 0.15) is 17.7 Å². The summed E-state index contributed by atoms with van der Waals surface area (Å²) < 4.78 is 0.943. The number of nitrogens with two attached hydrogens (primary N) is 1. The van der Waals surface area contributed by atoms with Crippen molar-refractivity contribution in [3.63, 3.8) is 0 Å².